The summed E-state index contributed by atoms with van der Waals surface area (Å²) in [6.45, 7) is 2.72. The predicted octanol–water partition coefficient (Wildman–Crippen LogP) is 0.876. The average Bonchev–Trinajstić information content (AvgIpc) is 2.32. The Kier molecular flexibility index (Phi) is 6.65. The van der Waals surface area contributed by atoms with Crippen molar-refractivity contribution in [1.82, 2.24) is 0 Å². The summed E-state index contributed by atoms with van der Waals surface area (Å²) in [7, 11) is 1.26. The van der Waals surface area contributed by atoms with Crippen LogP contribution in [0.15, 0.2) is 0 Å². The van der Waals surface area contributed by atoms with Crippen LogP contribution in [0, 0.1) is 5.41 Å². The number of carbonyl (C=O) groups is 3. The lowest BCUT2D eigenvalue weighted by molar-refractivity contribution is -0.145. The van der Waals surface area contributed by atoms with Gasteiger partial charge in [0, 0.05) is 19.4 Å². The van der Waals surface area contributed by atoms with Crippen molar-refractivity contribution >= 4 is 17.5 Å². The second kappa shape index (κ2) is 7.17. The molecule has 0 radical (unpaired) electrons. The van der Waals surface area contributed by atoms with Gasteiger partial charge in [-0.1, -0.05) is 6.92 Å². The summed E-state index contributed by atoms with van der Waals surface area (Å²) in [6, 6.07) is 0. The Morgan fingerprint density at radius 2 is 1.82 bits per heavy atom. The van der Waals surface area contributed by atoms with Gasteiger partial charge in [0.2, 0.25) is 0 Å². The first-order valence-corrected chi connectivity index (χ1v) is 5.66. The molecule has 5 nitrogen and oxygen atoms in total. The Bertz CT molecular complexity index is 297. The van der Waals surface area contributed by atoms with Gasteiger partial charge < -0.3 is 9.84 Å². The number of Topliss-reactive ketones (excluding diaryl/α,β-unsaturated/α-hetero) is 2. The zero-order valence-electron chi connectivity index (χ0n) is 10.6. The van der Waals surface area contributed by atoms with Gasteiger partial charge in [-0.25, -0.2) is 0 Å². The van der Waals surface area contributed by atoms with Crippen LogP contribution in [-0.4, -0.2) is 36.4 Å². The summed E-state index contributed by atoms with van der Waals surface area (Å²) < 4.78 is 4.49. The van der Waals surface area contributed by atoms with E-state index >= 15 is 0 Å². The summed E-state index contributed by atoms with van der Waals surface area (Å²) in [4.78, 5) is 34.6. The fraction of sp³-hybridized carbons (Fsp3) is 0.750. The molecule has 0 aromatic rings. The molecular weight excluding hydrogens is 224 g/mol. The molecule has 0 aromatic heterocycles. The maximum absolute atomic E-state index is 11.9. The molecule has 0 saturated carbocycles. The van der Waals surface area contributed by atoms with Crippen molar-refractivity contribution in [3.8, 4) is 0 Å². The van der Waals surface area contributed by atoms with Crippen molar-refractivity contribution in [2.45, 2.75) is 39.5 Å². The van der Waals surface area contributed by atoms with Crippen LogP contribution in [0.5, 0.6) is 0 Å². The topological polar surface area (TPSA) is 80.7 Å². The molecule has 0 aromatic carbocycles. The number of ether oxygens (including phenoxy) is 1. The highest BCUT2D eigenvalue weighted by atomic mass is 16.5. The molecule has 0 aliphatic heterocycles. The highest BCUT2D eigenvalue weighted by Gasteiger charge is 2.41. The number of methoxy groups -OCH3 is 1. The van der Waals surface area contributed by atoms with E-state index in [9.17, 15) is 14.4 Å². The number of carbonyl (C=O) groups excluding carboxylic acids is 3. The van der Waals surface area contributed by atoms with Gasteiger partial charge in [0.25, 0.3) is 0 Å². The third-order valence-corrected chi connectivity index (χ3v) is 3.05. The van der Waals surface area contributed by atoms with Crippen LogP contribution in [-0.2, 0) is 19.1 Å². The number of rotatable bonds is 8. The largest absolute Gasteiger partial charge is 0.469 e. The van der Waals surface area contributed by atoms with Crippen molar-refractivity contribution in [2.24, 2.45) is 5.41 Å². The minimum Gasteiger partial charge on any atom is -0.469 e. The normalized spacial score (nSPS) is 13.9. The second-order valence-electron chi connectivity index (χ2n) is 3.96. The van der Waals surface area contributed by atoms with E-state index in [-0.39, 0.29) is 43.9 Å². The SMILES string of the molecule is CCC(=O)C(CCO)(CCC(=O)OC)C(C)=O. The van der Waals surface area contributed by atoms with E-state index in [4.69, 9.17) is 5.11 Å². The van der Waals surface area contributed by atoms with Crippen LogP contribution in [0.1, 0.15) is 39.5 Å². The zero-order valence-corrected chi connectivity index (χ0v) is 10.6. The minimum absolute atomic E-state index is 0.00181. The summed E-state index contributed by atoms with van der Waals surface area (Å²) in [5.41, 5.74) is -1.24. The van der Waals surface area contributed by atoms with Crippen molar-refractivity contribution in [3.63, 3.8) is 0 Å². The van der Waals surface area contributed by atoms with Gasteiger partial charge in [-0.2, -0.15) is 0 Å². The lowest BCUT2D eigenvalue weighted by Gasteiger charge is -2.28. The van der Waals surface area contributed by atoms with E-state index < -0.39 is 11.4 Å². The molecular formula is C12H20O5. The van der Waals surface area contributed by atoms with Gasteiger partial charge in [0.15, 0.2) is 0 Å². The Labute approximate surface area is 101 Å². The Hall–Kier alpha value is -1.23. The molecule has 0 heterocycles. The maximum Gasteiger partial charge on any atom is 0.305 e. The van der Waals surface area contributed by atoms with Gasteiger partial charge in [0.05, 0.1) is 12.5 Å². The van der Waals surface area contributed by atoms with Crippen molar-refractivity contribution in [3.05, 3.63) is 0 Å². The van der Waals surface area contributed by atoms with Crippen LogP contribution >= 0.6 is 0 Å². The lowest BCUT2D eigenvalue weighted by Crippen LogP contribution is -2.39. The molecule has 98 valence electrons. The minimum atomic E-state index is -1.24. The van der Waals surface area contributed by atoms with Gasteiger partial charge in [-0.15, -0.1) is 0 Å². The molecule has 0 rings (SSSR count). The molecule has 1 atom stereocenters. The summed E-state index contributed by atoms with van der Waals surface area (Å²) in [5.74, 6) is -0.997. The number of aliphatic hydroxyl groups excluding tert-OH is 1. The summed E-state index contributed by atoms with van der Waals surface area (Å²) >= 11 is 0. The molecule has 0 fully saturated rings. The van der Waals surface area contributed by atoms with Gasteiger partial charge >= 0.3 is 5.97 Å². The predicted molar refractivity (Wildman–Crippen MR) is 61.4 cm³/mol. The molecule has 17 heavy (non-hydrogen) atoms. The van der Waals surface area contributed by atoms with Crippen LogP contribution in [0.3, 0.4) is 0 Å². The summed E-state index contributed by atoms with van der Waals surface area (Å²) in [6.07, 6.45) is 0.372. The number of aliphatic hydroxyl groups is 1. The first kappa shape index (κ1) is 15.8. The number of hydrogen-bond acceptors (Lipinski definition) is 5. The number of esters is 1. The molecule has 1 N–H and O–H groups in total. The van der Waals surface area contributed by atoms with E-state index in [0.29, 0.717) is 0 Å². The molecule has 0 aliphatic rings. The smallest absolute Gasteiger partial charge is 0.305 e. The molecule has 0 amide bonds. The molecule has 0 saturated heterocycles. The fourth-order valence-electron chi connectivity index (χ4n) is 1.90. The number of hydrogen-bond donors (Lipinski definition) is 1. The Balaban J connectivity index is 4.97. The van der Waals surface area contributed by atoms with Crippen molar-refractivity contribution < 1.29 is 24.2 Å². The molecule has 1 unspecified atom stereocenters. The van der Waals surface area contributed by atoms with Crippen molar-refractivity contribution in [1.29, 1.82) is 0 Å². The molecule has 0 aliphatic carbocycles. The quantitative estimate of drug-likeness (QED) is 0.506. The Morgan fingerprint density at radius 1 is 1.24 bits per heavy atom. The molecule has 0 spiro atoms. The van der Waals surface area contributed by atoms with E-state index in [1.165, 1.54) is 14.0 Å². The Morgan fingerprint density at radius 3 is 2.18 bits per heavy atom. The number of ketones is 2. The third-order valence-electron chi connectivity index (χ3n) is 3.05. The lowest BCUT2D eigenvalue weighted by atomic mass is 9.72. The average molecular weight is 244 g/mol. The first-order valence-electron chi connectivity index (χ1n) is 5.66. The van der Waals surface area contributed by atoms with E-state index in [1.54, 1.807) is 6.92 Å². The second-order valence-corrected chi connectivity index (χ2v) is 3.96. The van der Waals surface area contributed by atoms with Gasteiger partial charge in [0.1, 0.15) is 11.6 Å². The maximum atomic E-state index is 11.9. The van der Waals surface area contributed by atoms with Gasteiger partial charge in [-0.3, -0.25) is 14.4 Å². The van der Waals surface area contributed by atoms with Gasteiger partial charge in [-0.05, 0) is 19.8 Å². The van der Waals surface area contributed by atoms with Crippen LogP contribution < -0.4 is 0 Å². The van der Waals surface area contributed by atoms with Crippen LogP contribution in [0.2, 0.25) is 0 Å². The fourth-order valence-corrected chi connectivity index (χ4v) is 1.90. The summed E-state index contributed by atoms with van der Waals surface area (Å²) in [5, 5.41) is 9.00. The third kappa shape index (κ3) is 3.93. The van der Waals surface area contributed by atoms with E-state index in [1.807, 2.05) is 0 Å². The standard InChI is InChI=1S/C12H20O5/c1-4-10(15)12(7-8-13,9(2)14)6-5-11(16)17-3/h13H,4-8H2,1-3H3. The molecule has 0 bridgehead atoms. The zero-order chi connectivity index (χ0) is 13.5. The monoisotopic (exact) mass is 244 g/mol. The highest BCUT2D eigenvalue weighted by molar-refractivity contribution is 6.06. The highest BCUT2D eigenvalue weighted by Crippen LogP contribution is 2.32. The van der Waals surface area contributed by atoms with E-state index in [0.717, 1.165) is 0 Å². The first-order chi connectivity index (χ1) is 7.94. The van der Waals surface area contributed by atoms with Crippen LogP contribution in [0.4, 0.5) is 0 Å². The van der Waals surface area contributed by atoms with E-state index in [2.05, 4.69) is 4.74 Å². The van der Waals surface area contributed by atoms with Crippen molar-refractivity contribution in [2.75, 3.05) is 13.7 Å². The molecule has 5 heteroatoms. The van der Waals surface area contributed by atoms with Crippen LogP contribution in [0.25, 0.3) is 0 Å².